The Bertz CT molecular complexity index is 154. The second kappa shape index (κ2) is 2.05. The van der Waals surface area contributed by atoms with Crippen LogP contribution in [0.4, 0.5) is 0 Å². The van der Waals surface area contributed by atoms with Gasteiger partial charge in [-0.25, -0.2) is 0 Å². The molecule has 1 unspecified atom stereocenters. The number of hydrogen-bond acceptors (Lipinski definition) is 3. The third-order valence-corrected chi connectivity index (χ3v) is 1.30. The summed E-state index contributed by atoms with van der Waals surface area (Å²) < 4.78 is 4.79. The van der Waals surface area contributed by atoms with E-state index in [0.29, 0.717) is 18.8 Å². The van der Waals surface area contributed by atoms with Crippen molar-refractivity contribution in [1.82, 2.24) is 0 Å². The summed E-state index contributed by atoms with van der Waals surface area (Å²) in [5, 5.41) is 10.1. The zero-order valence-electron chi connectivity index (χ0n) is 4.87. The van der Waals surface area contributed by atoms with E-state index in [-0.39, 0.29) is 4.92 Å². The summed E-state index contributed by atoms with van der Waals surface area (Å²) in [4.78, 5) is 9.71. The molecule has 0 saturated carbocycles. The van der Waals surface area contributed by atoms with E-state index in [1.54, 1.807) is 0 Å². The maximum Gasteiger partial charge on any atom is 0.271 e. The maximum atomic E-state index is 10.1. The van der Waals surface area contributed by atoms with Gasteiger partial charge in [-0.3, -0.25) is 10.1 Å². The molecule has 1 aliphatic rings. The lowest BCUT2D eigenvalue weighted by molar-refractivity contribution is -0.511. The minimum absolute atomic E-state index is 0.292. The highest BCUT2D eigenvalue weighted by Gasteiger charge is 2.30. The average molecular weight is 129 g/mol. The first-order valence-electron chi connectivity index (χ1n) is 2.67. The maximum absolute atomic E-state index is 10.1. The SMILES string of the molecule is C=C1OCCC1[N+](=O)[O-]. The lowest BCUT2D eigenvalue weighted by Gasteiger charge is -1.97. The highest BCUT2D eigenvalue weighted by molar-refractivity contribution is 4.96. The number of rotatable bonds is 1. The molecule has 1 aliphatic heterocycles. The van der Waals surface area contributed by atoms with Gasteiger partial charge in [0.15, 0.2) is 5.76 Å². The molecule has 50 valence electrons. The van der Waals surface area contributed by atoms with Crippen LogP contribution in [0.1, 0.15) is 6.42 Å². The van der Waals surface area contributed by atoms with Crippen molar-refractivity contribution >= 4 is 0 Å². The van der Waals surface area contributed by atoms with Crippen LogP contribution in [0.2, 0.25) is 0 Å². The molecule has 4 heteroatoms. The number of ether oxygens (including phenoxy) is 1. The molecule has 0 radical (unpaired) electrons. The summed E-state index contributed by atoms with van der Waals surface area (Å²) in [7, 11) is 0. The van der Waals surface area contributed by atoms with Crippen molar-refractivity contribution < 1.29 is 9.66 Å². The third-order valence-electron chi connectivity index (χ3n) is 1.30. The minimum Gasteiger partial charge on any atom is -0.491 e. The van der Waals surface area contributed by atoms with Gasteiger partial charge >= 0.3 is 0 Å². The molecule has 1 rings (SSSR count). The molecule has 1 heterocycles. The topological polar surface area (TPSA) is 52.4 Å². The number of nitro groups is 1. The molecule has 0 amide bonds. The van der Waals surface area contributed by atoms with Crippen molar-refractivity contribution in [3.8, 4) is 0 Å². The summed E-state index contributed by atoms with van der Waals surface area (Å²) in [6.07, 6.45) is 0.464. The van der Waals surface area contributed by atoms with Crippen LogP contribution in [0.25, 0.3) is 0 Å². The lowest BCUT2D eigenvalue weighted by Crippen LogP contribution is -2.16. The summed E-state index contributed by atoms with van der Waals surface area (Å²) in [5.41, 5.74) is 0. The van der Waals surface area contributed by atoms with E-state index < -0.39 is 6.04 Å². The van der Waals surface area contributed by atoms with E-state index in [4.69, 9.17) is 4.74 Å². The Morgan fingerprint density at radius 2 is 2.56 bits per heavy atom. The third kappa shape index (κ3) is 1.01. The van der Waals surface area contributed by atoms with Gasteiger partial charge in [-0.1, -0.05) is 6.58 Å². The van der Waals surface area contributed by atoms with Crippen LogP contribution in [0, 0.1) is 10.1 Å². The predicted molar refractivity (Wildman–Crippen MR) is 30.5 cm³/mol. The van der Waals surface area contributed by atoms with Gasteiger partial charge in [0.2, 0.25) is 0 Å². The van der Waals surface area contributed by atoms with Gasteiger partial charge in [0.25, 0.3) is 6.04 Å². The quantitative estimate of drug-likeness (QED) is 0.384. The van der Waals surface area contributed by atoms with Gasteiger partial charge in [0.05, 0.1) is 13.0 Å². The molecule has 0 spiro atoms. The average Bonchev–Trinajstić information content (AvgIpc) is 2.13. The first kappa shape index (κ1) is 6.07. The van der Waals surface area contributed by atoms with Crippen molar-refractivity contribution in [1.29, 1.82) is 0 Å². The highest BCUT2D eigenvalue weighted by Crippen LogP contribution is 2.17. The summed E-state index contributed by atoms with van der Waals surface area (Å²) in [5.74, 6) is 0.292. The highest BCUT2D eigenvalue weighted by atomic mass is 16.6. The van der Waals surface area contributed by atoms with Gasteiger partial charge in [0, 0.05) is 4.92 Å². The zero-order valence-corrected chi connectivity index (χ0v) is 4.87. The Balaban J connectivity index is 2.60. The number of hydrogen-bond donors (Lipinski definition) is 0. The normalized spacial score (nSPS) is 25.8. The van der Waals surface area contributed by atoms with Crippen molar-refractivity contribution in [3.05, 3.63) is 22.5 Å². The second-order valence-electron chi connectivity index (χ2n) is 1.90. The molecule has 1 atom stereocenters. The number of nitrogens with zero attached hydrogens (tertiary/aromatic N) is 1. The molecule has 0 aromatic rings. The van der Waals surface area contributed by atoms with E-state index >= 15 is 0 Å². The standard InChI is InChI=1S/C5H7NO3/c1-4-5(6(7)8)2-3-9-4/h5H,1-3H2. The Morgan fingerprint density at radius 3 is 2.78 bits per heavy atom. The van der Waals surface area contributed by atoms with Crippen LogP contribution < -0.4 is 0 Å². The summed E-state index contributed by atoms with van der Waals surface area (Å²) in [6, 6.07) is -0.662. The fourth-order valence-electron chi connectivity index (χ4n) is 0.782. The van der Waals surface area contributed by atoms with E-state index in [9.17, 15) is 10.1 Å². The molecule has 4 nitrogen and oxygen atoms in total. The van der Waals surface area contributed by atoms with Crippen LogP contribution in [0.5, 0.6) is 0 Å². The molecular formula is C5H7NO3. The smallest absolute Gasteiger partial charge is 0.271 e. The fraction of sp³-hybridized carbons (Fsp3) is 0.600. The largest absolute Gasteiger partial charge is 0.491 e. The molecule has 1 fully saturated rings. The molecule has 0 aliphatic carbocycles. The molecule has 0 bridgehead atoms. The van der Waals surface area contributed by atoms with Gasteiger partial charge in [-0.2, -0.15) is 0 Å². The van der Waals surface area contributed by atoms with Crippen molar-refractivity contribution in [2.75, 3.05) is 6.61 Å². The van der Waals surface area contributed by atoms with Crippen LogP contribution >= 0.6 is 0 Å². The Morgan fingerprint density at radius 1 is 1.89 bits per heavy atom. The first-order valence-corrected chi connectivity index (χ1v) is 2.67. The molecule has 9 heavy (non-hydrogen) atoms. The summed E-state index contributed by atoms with van der Waals surface area (Å²) in [6.45, 7) is 3.83. The minimum atomic E-state index is -0.662. The van der Waals surface area contributed by atoms with E-state index in [0.717, 1.165) is 0 Å². The lowest BCUT2D eigenvalue weighted by atomic mass is 10.2. The van der Waals surface area contributed by atoms with Crippen molar-refractivity contribution in [3.63, 3.8) is 0 Å². The summed E-state index contributed by atoms with van der Waals surface area (Å²) >= 11 is 0. The van der Waals surface area contributed by atoms with Crippen molar-refractivity contribution in [2.45, 2.75) is 12.5 Å². The van der Waals surface area contributed by atoms with E-state index in [1.165, 1.54) is 0 Å². The molecule has 0 N–H and O–H groups in total. The Kier molecular flexibility index (Phi) is 1.38. The Hall–Kier alpha value is -1.06. The van der Waals surface area contributed by atoms with Crippen molar-refractivity contribution in [2.24, 2.45) is 0 Å². The first-order chi connectivity index (χ1) is 4.22. The zero-order chi connectivity index (χ0) is 6.85. The van der Waals surface area contributed by atoms with Crippen LogP contribution in [-0.4, -0.2) is 17.6 Å². The van der Waals surface area contributed by atoms with Crippen LogP contribution in [0.3, 0.4) is 0 Å². The molecule has 0 aromatic carbocycles. The van der Waals surface area contributed by atoms with Gasteiger partial charge in [-0.05, 0) is 0 Å². The van der Waals surface area contributed by atoms with Gasteiger partial charge in [-0.15, -0.1) is 0 Å². The van der Waals surface area contributed by atoms with Crippen LogP contribution in [0.15, 0.2) is 12.3 Å². The Labute approximate surface area is 52.3 Å². The molecular weight excluding hydrogens is 122 g/mol. The van der Waals surface area contributed by atoms with Gasteiger partial charge in [0.1, 0.15) is 0 Å². The molecule has 0 aromatic heterocycles. The van der Waals surface area contributed by atoms with Gasteiger partial charge < -0.3 is 4.74 Å². The molecule has 1 saturated heterocycles. The second-order valence-corrected chi connectivity index (χ2v) is 1.90. The predicted octanol–water partition coefficient (Wildman–Crippen LogP) is 0.566. The van der Waals surface area contributed by atoms with Crippen LogP contribution in [-0.2, 0) is 4.74 Å². The van der Waals surface area contributed by atoms with E-state index in [2.05, 4.69) is 6.58 Å². The monoisotopic (exact) mass is 129 g/mol. The van der Waals surface area contributed by atoms with E-state index in [1.807, 2.05) is 0 Å². The fourth-order valence-corrected chi connectivity index (χ4v) is 0.782.